The van der Waals surface area contributed by atoms with Crippen molar-refractivity contribution in [1.29, 1.82) is 0 Å². The van der Waals surface area contributed by atoms with Gasteiger partial charge in [-0.25, -0.2) is 9.79 Å². The number of fused-ring (bicyclic) bond motifs is 1. The third-order valence-corrected chi connectivity index (χ3v) is 6.41. The maximum atomic E-state index is 13.8. The summed E-state index contributed by atoms with van der Waals surface area (Å²) in [6, 6.07) is 13.5. The fraction of sp³-hybridized carbons (Fsp3) is 0.222. The number of carbonyl (C=O) groups excluding carboxylic acids is 1. The molecule has 200 valence electrons. The van der Waals surface area contributed by atoms with Crippen LogP contribution in [0.1, 0.15) is 16.7 Å². The van der Waals surface area contributed by atoms with Gasteiger partial charge in [-0.05, 0) is 72.5 Å². The van der Waals surface area contributed by atoms with E-state index in [2.05, 4.69) is 35.9 Å². The Bertz CT molecular complexity index is 1420. The molecule has 0 fully saturated rings. The van der Waals surface area contributed by atoms with E-state index in [4.69, 9.17) is 0 Å². The first-order valence-electron chi connectivity index (χ1n) is 12.2. The first-order valence-corrected chi connectivity index (χ1v) is 12.2. The summed E-state index contributed by atoms with van der Waals surface area (Å²) in [6.07, 6.45) is 2.32. The van der Waals surface area contributed by atoms with Crippen LogP contribution in [-0.4, -0.2) is 48.8 Å². The van der Waals surface area contributed by atoms with Crippen molar-refractivity contribution in [2.75, 3.05) is 22.6 Å². The van der Waals surface area contributed by atoms with E-state index in [0.717, 1.165) is 23.2 Å². The Morgan fingerprint density at radius 3 is 2.44 bits per heavy atom. The molecule has 9 nitrogen and oxygen atoms in total. The topological polar surface area (TPSA) is 106 Å². The van der Waals surface area contributed by atoms with Crippen molar-refractivity contribution in [3.8, 4) is 0 Å². The molecule has 0 saturated carbocycles. The Labute approximate surface area is 222 Å². The number of amides is 2. The van der Waals surface area contributed by atoms with E-state index < -0.39 is 17.8 Å². The minimum Gasteiger partial charge on any atom is -0.333 e. The summed E-state index contributed by atoms with van der Waals surface area (Å²) in [4.78, 5) is 31.5. The van der Waals surface area contributed by atoms with E-state index in [1.807, 2.05) is 4.90 Å². The molecule has 3 aromatic rings. The van der Waals surface area contributed by atoms with Gasteiger partial charge in [0.05, 0.1) is 18.2 Å². The minimum atomic E-state index is -4.56. The van der Waals surface area contributed by atoms with E-state index >= 15 is 0 Å². The number of nitrogens with zero attached hydrogens (tertiary/aromatic N) is 5. The molecule has 3 heterocycles. The maximum absolute atomic E-state index is 13.8. The Kier molecular flexibility index (Phi) is 7.26. The standard InChI is InChI=1S/C27H25F3N8O/c1-31-24-23-25(34-15-33-24)38(16-35-23)21-8-6-19(7-9-21)36-26(39)37-20-5-4-18(22(14-20)27(28,29)30)3-2-17-10-12-32-13-11-17/h4-16,23,25H,2-3H2,1H3,(H,31,33,34)(H2,36,37,39). The number of aliphatic imine (C=N–C) groups is 3. The van der Waals surface area contributed by atoms with Crippen LogP contribution in [0, 0.1) is 0 Å². The fourth-order valence-corrected chi connectivity index (χ4v) is 4.46. The number of rotatable bonds is 6. The molecule has 5 rings (SSSR count). The molecule has 2 atom stereocenters. The number of hydrogen-bond donors (Lipinski definition) is 3. The zero-order valence-corrected chi connectivity index (χ0v) is 20.9. The van der Waals surface area contributed by atoms with Gasteiger partial charge in [-0.3, -0.25) is 15.0 Å². The molecular formula is C27H25F3N8O. The molecule has 0 bridgehead atoms. The lowest BCUT2D eigenvalue weighted by Gasteiger charge is -2.28. The number of urea groups is 1. The summed E-state index contributed by atoms with van der Waals surface area (Å²) < 4.78 is 41.3. The molecule has 12 heteroatoms. The maximum Gasteiger partial charge on any atom is 0.416 e. The van der Waals surface area contributed by atoms with Crippen LogP contribution < -0.4 is 20.9 Å². The van der Waals surface area contributed by atoms with Crippen LogP contribution in [0.25, 0.3) is 0 Å². The van der Waals surface area contributed by atoms with Gasteiger partial charge in [-0.2, -0.15) is 13.2 Å². The van der Waals surface area contributed by atoms with Gasteiger partial charge in [-0.15, -0.1) is 0 Å². The summed E-state index contributed by atoms with van der Waals surface area (Å²) in [5, 5.41) is 8.13. The smallest absolute Gasteiger partial charge is 0.333 e. The number of halogens is 3. The van der Waals surface area contributed by atoms with Crippen LogP contribution in [0.4, 0.5) is 35.0 Å². The van der Waals surface area contributed by atoms with Crippen molar-refractivity contribution in [3.63, 3.8) is 0 Å². The SMILES string of the molecule is CN=C1NC=NC2C1N=CN2c1ccc(NC(=O)Nc2ccc(CCc3ccncc3)c(C(F)(F)F)c2)cc1. The summed E-state index contributed by atoms with van der Waals surface area (Å²) in [7, 11) is 1.69. The van der Waals surface area contributed by atoms with Gasteiger partial charge in [0.15, 0.2) is 6.17 Å². The number of hydrogen-bond acceptors (Lipinski definition) is 6. The molecule has 2 amide bonds. The van der Waals surface area contributed by atoms with Gasteiger partial charge in [0.25, 0.3) is 0 Å². The average Bonchev–Trinajstić information content (AvgIpc) is 3.37. The summed E-state index contributed by atoms with van der Waals surface area (Å²) in [5.74, 6) is 0.721. The number of pyridine rings is 1. The van der Waals surface area contributed by atoms with Crippen LogP contribution >= 0.6 is 0 Å². The highest BCUT2D eigenvalue weighted by Gasteiger charge is 2.36. The highest BCUT2D eigenvalue weighted by molar-refractivity contribution is 6.03. The number of amidine groups is 1. The summed E-state index contributed by atoms with van der Waals surface area (Å²) in [5.41, 5.74) is 1.60. The summed E-state index contributed by atoms with van der Waals surface area (Å²) >= 11 is 0. The quantitative estimate of drug-likeness (QED) is 0.425. The zero-order chi connectivity index (χ0) is 27.4. The van der Waals surface area contributed by atoms with E-state index in [-0.39, 0.29) is 29.9 Å². The highest BCUT2D eigenvalue weighted by atomic mass is 19.4. The van der Waals surface area contributed by atoms with Crippen molar-refractivity contribution in [2.24, 2.45) is 15.0 Å². The average molecular weight is 535 g/mol. The van der Waals surface area contributed by atoms with Gasteiger partial charge in [0.1, 0.15) is 11.9 Å². The molecule has 39 heavy (non-hydrogen) atoms. The van der Waals surface area contributed by atoms with E-state index in [1.165, 1.54) is 12.1 Å². The van der Waals surface area contributed by atoms with Crippen LogP contribution in [0.2, 0.25) is 0 Å². The normalized spacial score (nSPS) is 19.1. The van der Waals surface area contributed by atoms with Crippen molar-refractivity contribution in [3.05, 3.63) is 83.7 Å². The molecule has 0 aliphatic carbocycles. The monoisotopic (exact) mass is 534 g/mol. The molecular weight excluding hydrogens is 509 g/mol. The number of alkyl halides is 3. The van der Waals surface area contributed by atoms with Crippen LogP contribution in [-0.2, 0) is 19.0 Å². The second-order valence-electron chi connectivity index (χ2n) is 8.91. The first-order chi connectivity index (χ1) is 18.8. The first kappa shape index (κ1) is 25.9. The molecule has 2 aliphatic rings. The minimum absolute atomic E-state index is 0.0422. The van der Waals surface area contributed by atoms with Crippen LogP contribution in [0.5, 0.6) is 0 Å². The second kappa shape index (κ2) is 10.9. The molecule has 2 aromatic carbocycles. The predicted molar refractivity (Wildman–Crippen MR) is 146 cm³/mol. The number of aromatic nitrogens is 1. The zero-order valence-electron chi connectivity index (χ0n) is 20.9. The third kappa shape index (κ3) is 5.89. The Hall–Kier alpha value is -4.74. The summed E-state index contributed by atoms with van der Waals surface area (Å²) in [6.45, 7) is 0. The number of anilines is 3. The molecule has 0 radical (unpaired) electrons. The van der Waals surface area contributed by atoms with Crippen molar-refractivity contribution < 1.29 is 18.0 Å². The Morgan fingerprint density at radius 2 is 1.72 bits per heavy atom. The lowest BCUT2D eigenvalue weighted by atomic mass is 9.99. The Morgan fingerprint density at radius 1 is 1.00 bits per heavy atom. The lowest BCUT2D eigenvalue weighted by Crippen LogP contribution is -2.48. The van der Waals surface area contributed by atoms with Crippen molar-refractivity contribution in [1.82, 2.24) is 10.3 Å². The lowest BCUT2D eigenvalue weighted by molar-refractivity contribution is -0.138. The van der Waals surface area contributed by atoms with Gasteiger partial charge < -0.3 is 20.9 Å². The van der Waals surface area contributed by atoms with Crippen LogP contribution in [0.3, 0.4) is 0 Å². The number of nitrogens with one attached hydrogen (secondary N) is 3. The largest absolute Gasteiger partial charge is 0.416 e. The van der Waals surface area contributed by atoms with Gasteiger partial charge >= 0.3 is 12.2 Å². The molecule has 2 unspecified atom stereocenters. The van der Waals surface area contributed by atoms with Crippen molar-refractivity contribution >= 4 is 41.6 Å². The van der Waals surface area contributed by atoms with E-state index in [9.17, 15) is 18.0 Å². The number of benzene rings is 2. The van der Waals surface area contributed by atoms with Gasteiger partial charge in [0.2, 0.25) is 0 Å². The van der Waals surface area contributed by atoms with Gasteiger partial charge in [0, 0.05) is 36.5 Å². The van der Waals surface area contributed by atoms with Crippen LogP contribution in [0.15, 0.2) is 82.0 Å². The van der Waals surface area contributed by atoms with E-state index in [1.54, 1.807) is 68.5 Å². The van der Waals surface area contributed by atoms with Crippen molar-refractivity contribution in [2.45, 2.75) is 31.2 Å². The molecule has 0 saturated heterocycles. The Balaban J connectivity index is 1.23. The number of aryl methyl sites for hydroxylation is 2. The number of carbonyl (C=O) groups is 1. The highest BCUT2D eigenvalue weighted by Crippen LogP contribution is 2.34. The second-order valence-corrected chi connectivity index (χ2v) is 8.91. The van der Waals surface area contributed by atoms with E-state index in [0.29, 0.717) is 12.1 Å². The molecule has 3 N–H and O–H groups in total. The molecule has 0 spiro atoms. The third-order valence-electron chi connectivity index (χ3n) is 6.41. The molecule has 2 aliphatic heterocycles. The fourth-order valence-electron chi connectivity index (χ4n) is 4.46. The van der Waals surface area contributed by atoms with Gasteiger partial charge in [-0.1, -0.05) is 6.07 Å². The molecule has 1 aromatic heterocycles. The predicted octanol–water partition coefficient (Wildman–Crippen LogP) is 4.73.